The molecular formula is C13H27ClN2S. The van der Waals surface area contributed by atoms with E-state index in [1.54, 1.807) is 0 Å². The third-order valence-electron chi connectivity index (χ3n) is 3.85. The van der Waals surface area contributed by atoms with E-state index < -0.39 is 0 Å². The zero-order valence-corrected chi connectivity index (χ0v) is 12.6. The highest BCUT2D eigenvalue weighted by molar-refractivity contribution is 7.99. The van der Waals surface area contributed by atoms with Crippen molar-refractivity contribution < 1.29 is 0 Å². The van der Waals surface area contributed by atoms with Gasteiger partial charge in [-0.1, -0.05) is 6.92 Å². The molecule has 0 aromatic carbocycles. The zero-order valence-electron chi connectivity index (χ0n) is 11.0. The van der Waals surface area contributed by atoms with Crippen molar-refractivity contribution in [3.8, 4) is 0 Å². The topological polar surface area (TPSA) is 15.3 Å². The van der Waals surface area contributed by atoms with Crippen LogP contribution >= 0.6 is 24.2 Å². The average molecular weight is 279 g/mol. The largest absolute Gasteiger partial charge is 0.317 e. The highest BCUT2D eigenvalue weighted by Crippen LogP contribution is 2.25. The summed E-state index contributed by atoms with van der Waals surface area (Å²) in [7, 11) is 0. The second kappa shape index (κ2) is 8.63. The van der Waals surface area contributed by atoms with Crippen molar-refractivity contribution in [3.63, 3.8) is 0 Å². The minimum atomic E-state index is 0. The van der Waals surface area contributed by atoms with Crippen molar-refractivity contribution in [2.24, 2.45) is 5.92 Å². The van der Waals surface area contributed by atoms with Crippen LogP contribution in [-0.4, -0.2) is 48.6 Å². The predicted octanol–water partition coefficient (Wildman–Crippen LogP) is 2.63. The Bertz CT molecular complexity index is 192. The Morgan fingerprint density at radius 2 is 2.00 bits per heavy atom. The van der Waals surface area contributed by atoms with Gasteiger partial charge < -0.3 is 5.32 Å². The molecule has 2 aliphatic rings. The standard InChI is InChI=1S/C13H26N2S.ClH/c1-2-8-15(10-12-5-9-16-11-12)13-3-6-14-7-4-13;/h12-14H,2-11H2,1H3;1H. The van der Waals surface area contributed by atoms with Gasteiger partial charge in [-0.25, -0.2) is 0 Å². The van der Waals surface area contributed by atoms with Gasteiger partial charge in [-0.15, -0.1) is 12.4 Å². The van der Waals surface area contributed by atoms with Crippen LogP contribution in [0.25, 0.3) is 0 Å². The fourth-order valence-electron chi connectivity index (χ4n) is 2.94. The zero-order chi connectivity index (χ0) is 11.2. The summed E-state index contributed by atoms with van der Waals surface area (Å²) >= 11 is 2.15. The third-order valence-corrected chi connectivity index (χ3v) is 5.08. The molecule has 4 heteroatoms. The number of hydrogen-bond acceptors (Lipinski definition) is 3. The van der Waals surface area contributed by atoms with Crippen molar-refractivity contribution in [1.29, 1.82) is 0 Å². The van der Waals surface area contributed by atoms with E-state index in [9.17, 15) is 0 Å². The summed E-state index contributed by atoms with van der Waals surface area (Å²) in [6, 6.07) is 0.867. The Balaban J connectivity index is 0.00000144. The molecule has 0 amide bonds. The molecule has 0 spiro atoms. The first-order valence-corrected chi connectivity index (χ1v) is 8.08. The van der Waals surface area contributed by atoms with Crippen LogP contribution in [0.3, 0.4) is 0 Å². The third kappa shape index (κ3) is 4.98. The number of nitrogens with zero attached hydrogens (tertiary/aromatic N) is 1. The summed E-state index contributed by atoms with van der Waals surface area (Å²) in [5.41, 5.74) is 0. The number of hydrogen-bond donors (Lipinski definition) is 1. The van der Waals surface area contributed by atoms with E-state index in [0.29, 0.717) is 0 Å². The lowest BCUT2D eigenvalue weighted by atomic mass is 10.0. The number of halogens is 1. The molecule has 2 aliphatic heterocycles. The molecule has 2 fully saturated rings. The molecular weight excluding hydrogens is 252 g/mol. The number of thioether (sulfide) groups is 1. The Hall–Kier alpha value is 0.560. The van der Waals surface area contributed by atoms with E-state index in [1.807, 2.05) is 0 Å². The minimum Gasteiger partial charge on any atom is -0.317 e. The van der Waals surface area contributed by atoms with Gasteiger partial charge in [0.05, 0.1) is 0 Å². The van der Waals surface area contributed by atoms with Crippen LogP contribution in [0.4, 0.5) is 0 Å². The first-order valence-electron chi connectivity index (χ1n) is 6.92. The maximum absolute atomic E-state index is 3.47. The van der Waals surface area contributed by atoms with Crippen LogP contribution in [0, 0.1) is 5.92 Å². The molecule has 2 saturated heterocycles. The fourth-order valence-corrected chi connectivity index (χ4v) is 4.21. The number of nitrogens with one attached hydrogen (secondary N) is 1. The van der Waals surface area contributed by atoms with Gasteiger partial charge in [0.1, 0.15) is 0 Å². The Morgan fingerprint density at radius 1 is 1.24 bits per heavy atom. The smallest absolute Gasteiger partial charge is 0.0119 e. The molecule has 0 aromatic heterocycles. The van der Waals surface area contributed by atoms with E-state index in [1.165, 1.54) is 63.4 Å². The SMILES string of the molecule is CCCN(CC1CCSC1)C1CCNCC1.Cl. The molecule has 0 bridgehead atoms. The average Bonchev–Trinajstić information content (AvgIpc) is 2.83. The van der Waals surface area contributed by atoms with Gasteiger partial charge >= 0.3 is 0 Å². The summed E-state index contributed by atoms with van der Waals surface area (Å²) in [6.45, 7) is 7.45. The van der Waals surface area contributed by atoms with Gasteiger partial charge in [-0.2, -0.15) is 11.8 Å². The molecule has 1 unspecified atom stereocenters. The van der Waals surface area contributed by atoms with Crippen LogP contribution in [-0.2, 0) is 0 Å². The molecule has 1 N–H and O–H groups in total. The molecule has 17 heavy (non-hydrogen) atoms. The molecule has 2 heterocycles. The van der Waals surface area contributed by atoms with Crippen molar-refractivity contribution in [3.05, 3.63) is 0 Å². The molecule has 2 rings (SSSR count). The van der Waals surface area contributed by atoms with Crippen LogP contribution in [0.1, 0.15) is 32.6 Å². The first kappa shape index (κ1) is 15.6. The molecule has 0 aliphatic carbocycles. The summed E-state index contributed by atoms with van der Waals surface area (Å²) in [5.74, 6) is 3.79. The molecule has 0 radical (unpaired) electrons. The predicted molar refractivity (Wildman–Crippen MR) is 80.4 cm³/mol. The van der Waals surface area contributed by atoms with Crippen molar-refractivity contribution >= 4 is 24.2 Å². The molecule has 0 aromatic rings. The second-order valence-corrected chi connectivity index (χ2v) is 6.36. The van der Waals surface area contributed by atoms with E-state index in [-0.39, 0.29) is 12.4 Å². The maximum atomic E-state index is 3.47. The molecule has 1 atom stereocenters. The van der Waals surface area contributed by atoms with Crippen LogP contribution in [0.5, 0.6) is 0 Å². The van der Waals surface area contributed by atoms with E-state index in [2.05, 4.69) is 28.9 Å². The van der Waals surface area contributed by atoms with Crippen molar-refractivity contribution in [1.82, 2.24) is 10.2 Å². The lowest BCUT2D eigenvalue weighted by molar-refractivity contribution is 0.143. The highest BCUT2D eigenvalue weighted by atomic mass is 35.5. The fraction of sp³-hybridized carbons (Fsp3) is 1.00. The summed E-state index contributed by atoms with van der Waals surface area (Å²) in [6.07, 6.45) is 5.49. The second-order valence-electron chi connectivity index (χ2n) is 5.21. The van der Waals surface area contributed by atoms with E-state index >= 15 is 0 Å². The van der Waals surface area contributed by atoms with Gasteiger partial charge in [-0.05, 0) is 62.7 Å². The monoisotopic (exact) mass is 278 g/mol. The number of piperidine rings is 1. The summed E-state index contributed by atoms with van der Waals surface area (Å²) in [5, 5.41) is 3.47. The molecule has 102 valence electrons. The first-order chi connectivity index (χ1) is 7.90. The van der Waals surface area contributed by atoms with Crippen LogP contribution in [0.15, 0.2) is 0 Å². The summed E-state index contributed by atoms with van der Waals surface area (Å²) < 4.78 is 0. The van der Waals surface area contributed by atoms with E-state index in [4.69, 9.17) is 0 Å². The maximum Gasteiger partial charge on any atom is 0.0119 e. The van der Waals surface area contributed by atoms with Gasteiger partial charge in [-0.3, -0.25) is 4.90 Å². The quantitative estimate of drug-likeness (QED) is 0.832. The normalized spacial score (nSPS) is 26.1. The minimum absolute atomic E-state index is 0. The summed E-state index contributed by atoms with van der Waals surface area (Å²) in [4.78, 5) is 2.79. The van der Waals surface area contributed by atoms with Crippen LogP contribution in [0.2, 0.25) is 0 Å². The molecule has 0 saturated carbocycles. The Morgan fingerprint density at radius 3 is 2.59 bits per heavy atom. The lowest BCUT2D eigenvalue weighted by Gasteiger charge is -2.36. The van der Waals surface area contributed by atoms with Crippen LogP contribution < -0.4 is 5.32 Å². The van der Waals surface area contributed by atoms with E-state index in [0.717, 1.165) is 12.0 Å². The van der Waals surface area contributed by atoms with Gasteiger partial charge in [0.25, 0.3) is 0 Å². The Labute approximate surface area is 117 Å². The van der Waals surface area contributed by atoms with Crippen molar-refractivity contribution in [2.45, 2.75) is 38.6 Å². The number of rotatable bonds is 5. The van der Waals surface area contributed by atoms with Gasteiger partial charge in [0.15, 0.2) is 0 Å². The Kier molecular flexibility index (Phi) is 7.92. The highest BCUT2D eigenvalue weighted by Gasteiger charge is 2.24. The van der Waals surface area contributed by atoms with Gasteiger partial charge in [0.2, 0.25) is 0 Å². The van der Waals surface area contributed by atoms with Gasteiger partial charge in [0, 0.05) is 12.6 Å². The lowest BCUT2D eigenvalue weighted by Crippen LogP contribution is -2.45. The van der Waals surface area contributed by atoms with Crippen molar-refractivity contribution in [2.75, 3.05) is 37.7 Å². The molecule has 2 nitrogen and oxygen atoms in total.